The van der Waals surface area contributed by atoms with E-state index in [0.717, 1.165) is 18.2 Å². The van der Waals surface area contributed by atoms with Crippen molar-refractivity contribution in [3.63, 3.8) is 0 Å². The molecular formula is C7H6N4O5. The predicted octanol–water partition coefficient (Wildman–Crippen LogP) is 0.775. The number of nitro benzene ring substituents is 2. The van der Waals surface area contributed by atoms with Crippen molar-refractivity contribution in [2.75, 3.05) is 0 Å². The van der Waals surface area contributed by atoms with Gasteiger partial charge < -0.3 is 10.5 Å². The van der Waals surface area contributed by atoms with Crippen LogP contribution in [0.15, 0.2) is 18.2 Å². The van der Waals surface area contributed by atoms with E-state index in [0.29, 0.717) is 0 Å². The van der Waals surface area contributed by atoms with E-state index in [-0.39, 0.29) is 5.75 Å². The van der Waals surface area contributed by atoms with Gasteiger partial charge in [-0.2, -0.15) is 0 Å². The molecule has 0 saturated heterocycles. The van der Waals surface area contributed by atoms with Crippen LogP contribution in [0.2, 0.25) is 0 Å². The summed E-state index contributed by atoms with van der Waals surface area (Å²) in [4.78, 5) is 19.3. The fourth-order valence-electron chi connectivity index (χ4n) is 0.967. The largest absolute Gasteiger partial charge is 0.419 e. The lowest BCUT2D eigenvalue weighted by molar-refractivity contribution is -0.394. The van der Waals surface area contributed by atoms with Gasteiger partial charge in [-0.1, -0.05) is 0 Å². The van der Waals surface area contributed by atoms with E-state index in [1.807, 2.05) is 0 Å². The molecule has 0 saturated carbocycles. The fraction of sp³-hybridized carbons (Fsp3) is 0. The fourth-order valence-corrected chi connectivity index (χ4v) is 0.967. The lowest BCUT2D eigenvalue weighted by Crippen LogP contribution is -2.18. The summed E-state index contributed by atoms with van der Waals surface area (Å²) in [5.74, 6) is -0.317. The van der Waals surface area contributed by atoms with Crippen LogP contribution in [-0.4, -0.2) is 15.9 Å². The number of nitro groups is 2. The van der Waals surface area contributed by atoms with E-state index < -0.39 is 27.2 Å². The minimum Gasteiger partial charge on any atom is -0.419 e. The van der Waals surface area contributed by atoms with Crippen LogP contribution in [0.25, 0.3) is 0 Å². The quantitative estimate of drug-likeness (QED) is 0.337. The van der Waals surface area contributed by atoms with Crippen LogP contribution in [0, 0.1) is 25.6 Å². The Kier molecular flexibility index (Phi) is 2.99. The summed E-state index contributed by atoms with van der Waals surface area (Å²) in [5, 5.41) is 27.8. The van der Waals surface area contributed by atoms with Crippen LogP contribution in [0.5, 0.6) is 5.75 Å². The Morgan fingerprint density at radius 1 is 1.31 bits per heavy atom. The van der Waals surface area contributed by atoms with E-state index in [1.54, 1.807) is 0 Å². The minimum absolute atomic E-state index is 0.317. The maximum atomic E-state index is 10.6. The number of nitrogens with one attached hydrogen (secondary N) is 1. The first kappa shape index (κ1) is 11.4. The zero-order chi connectivity index (χ0) is 12.3. The molecule has 0 aliphatic carbocycles. The average Bonchev–Trinajstić information content (AvgIpc) is 2.16. The Balaban J connectivity index is 3.24. The first-order valence-electron chi connectivity index (χ1n) is 3.86. The smallest absolute Gasteiger partial charge is 0.318 e. The summed E-state index contributed by atoms with van der Waals surface area (Å²) in [6, 6.07) is 2.03. The Morgan fingerprint density at radius 3 is 2.38 bits per heavy atom. The monoisotopic (exact) mass is 226 g/mol. The third-order valence-corrected chi connectivity index (χ3v) is 1.57. The van der Waals surface area contributed by atoms with Crippen LogP contribution in [0.3, 0.4) is 0 Å². The highest BCUT2D eigenvalue weighted by Crippen LogP contribution is 2.30. The summed E-state index contributed by atoms with van der Waals surface area (Å²) in [6.07, 6.45) is 0. The zero-order valence-electron chi connectivity index (χ0n) is 7.75. The van der Waals surface area contributed by atoms with Crippen molar-refractivity contribution in [1.29, 1.82) is 5.41 Å². The first-order chi connectivity index (χ1) is 7.41. The van der Waals surface area contributed by atoms with Gasteiger partial charge >= 0.3 is 5.69 Å². The van der Waals surface area contributed by atoms with Gasteiger partial charge in [0.05, 0.1) is 15.9 Å². The van der Waals surface area contributed by atoms with Crippen molar-refractivity contribution >= 4 is 17.4 Å². The molecule has 3 N–H and O–H groups in total. The average molecular weight is 226 g/mol. The molecule has 1 aromatic rings. The maximum Gasteiger partial charge on any atom is 0.318 e. The number of benzene rings is 1. The van der Waals surface area contributed by atoms with Gasteiger partial charge in [-0.15, -0.1) is 0 Å². The summed E-state index contributed by atoms with van der Waals surface area (Å²) >= 11 is 0. The second-order valence-electron chi connectivity index (χ2n) is 2.63. The number of non-ortho nitro benzene ring substituents is 1. The summed E-state index contributed by atoms with van der Waals surface area (Å²) in [5.41, 5.74) is 3.83. The van der Waals surface area contributed by atoms with Gasteiger partial charge in [0, 0.05) is 6.07 Å². The van der Waals surface area contributed by atoms with Crippen molar-refractivity contribution in [3.05, 3.63) is 38.4 Å². The Hall–Kier alpha value is -2.71. The molecule has 16 heavy (non-hydrogen) atoms. The Morgan fingerprint density at radius 2 is 1.94 bits per heavy atom. The van der Waals surface area contributed by atoms with E-state index >= 15 is 0 Å². The highest BCUT2D eigenvalue weighted by Gasteiger charge is 2.21. The van der Waals surface area contributed by atoms with Gasteiger partial charge in [0.2, 0.25) is 5.75 Å². The van der Waals surface area contributed by atoms with E-state index in [9.17, 15) is 20.2 Å². The highest BCUT2D eigenvalue weighted by atomic mass is 16.6. The number of nitrogens with two attached hydrogens (primary N) is 1. The molecule has 84 valence electrons. The number of rotatable bonds is 3. The Bertz CT molecular complexity index is 472. The predicted molar refractivity (Wildman–Crippen MR) is 52.3 cm³/mol. The number of ether oxygens (including phenoxy) is 1. The van der Waals surface area contributed by atoms with Crippen molar-refractivity contribution < 1.29 is 14.6 Å². The molecule has 1 rings (SSSR count). The molecule has 1 aromatic carbocycles. The number of hydrogen-bond acceptors (Lipinski definition) is 6. The molecule has 9 nitrogen and oxygen atoms in total. The normalized spacial score (nSPS) is 9.50. The van der Waals surface area contributed by atoms with Crippen molar-refractivity contribution in [1.82, 2.24) is 0 Å². The van der Waals surface area contributed by atoms with Crippen molar-refractivity contribution in [3.8, 4) is 5.75 Å². The molecular weight excluding hydrogens is 220 g/mol. The maximum absolute atomic E-state index is 10.6. The molecule has 0 spiro atoms. The molecule has 0 aliphatic rings. The zero-order valence-corrected chi connectivity index (χ0v) is 7.75. The third-order valence-electron chi connectivity index (χ3n) is 1.57. The van der Waals surface area contributed by atoms with Crippen LogP contribution in [-0.2, 0) is 0 Å². The second-order valence-corrected chi connectivity index (χ2v) is 2.63. The standard InChI is InChI=1S/C7H6N4O5/c8-7(9)16-6-2-1-4(10(12)13)3-5(6)11(14)15/h1-3H,(H3,8,9). The first-order valence-corrected chi connectivity index (χ1v) is 3.86. The van der Waals surface area contributed by atoms with Crippen LogP contribution < -0.4 is 10.5 Å². The molecule has 0 bridgehead atoms. The molecule has 0 heterocycles. The summed E-state index contributed by atoms with van der Waals surface area (Å²) < 4.78 is 4.54. The van der Waals surface area contributed by atoms with E-state index in [2.05, 4.69) is 4.74 Å². The highest BCUT2D eigenvalue weighted by molar-refractivity contribution is 5.72. The molecule has 0 radical (unpaired) electrons. The van der Waals surface area contributed by atoms with Crippen molar-refractivity contribution in [2.24, 2.45) is 5.73 Å². The van der Waals surface area contributed by atoms with Crippen LogP contribution in [0.1, 0.15) is 0 Å². The third kappa shape index (κ3) is 2.41. The molecule has 0 atom stereocenters. The van der Waals surface area contributed by atoms with E-state index in [4.69, 9.17) is 11.1 Å². The SMILES string of the molecule is N=C(N)Oc1ccc([N+](=O)[O-])cc1[N+](=O)[O-]. The second kappa shape index (κ2) is 4.21. The molecule has 0 unspecified atom stereocenters. The van der Waals surface area contributed by atoms with E-state index in [1.165, 1.54) is 0 Å². The van der Waals surface area contributed by atoms with Gasteiger partial charge in [-0.05, 0) is 6.07 Å². The Labute approximate surface area is 88.2 Å². The molecule has 0 aromatic heterocycles. The number of amidine groups is 1. The van der Waals surface area contributed by atoms with Gasteiger partial charge in [-0.25, -0.2) is 0 Å². The number of hydrogen-bond donors (Lipinski definition) is 2. The molecule has 0 fully saturated rings. The molecule has 0 amide bonds. The van der Waals surface area contributed by atoms with Crippen LogP contribution >= 0.6 is 0 Å². The van der Waals surface area contributed by atoms with Gasteiger partial charge in [0.15, 0.2) is 0 Å². The van der Waals surface area contributed by atoms with Gasteiger partial charge in [-0.3, -0.25) is 25.6 Å². The van der Waals surface area contributed by atoms with Crippen LogP contribution in [0.4, 0.5) is 11.4 Å². The van der Waals surface area contributed by atoms with Gasteiger partial charge in [0.1, 0.15) is 0 Å². The van der Waals surface area contributed by atoms with Gasteiger partial charge in [0.25, 0.3) is 11.7 Å². The summed E-state index contributed by atoms with van der Waals surface area (Å²) in [7, 11) is 0. The molecule has 9 heteroatoms. The topological polar surface area (TPSA) is 145 Å². The lowest BCUT2D eigenvalue weighted by Gasteiger charge is -2.02. The molecule has 0 aliphatic heterocycles. The lowest BCUT2D eigenvalue weighted by atomic mass is 10.2. The summed E-state index contributed by atoms with van der Waals surface area (Å²) in [6.45, 7) is 0. The van der Waals surface area contributed by atoms with Crippen molar-refractivity contribution in [2.45, 2.75) is 0 Å². The number of nitrogens with zero attached hydrogens (tertiary/aromatic N) is 2. The minimum atomic E-state index is -0.856.